The van der Waals surface area contributed by atoms with Crippen molar-refractivity contribution in [2.75, 3.05) is 33.4 Å². The molecular formula is C15H23N3O2. The molecular weight excluding hydrogens is 254 g/mol. The van der Waals surface area contributed by atoms with Crippen molar-refractivity contribution < 1.29 is 9.53 Å². The van der Waals surface area contributed by atoms with Gasteiger partial charge in [0.15, 0.2) is 0 Å². The molecule has 1 aliphatic carbocycles. The number of hydrogen-bond acceptors (Lipinski definition) is 3. The highest BCUT2D eigenvalue weighted by Crippen LogP contribution is 2.40. The molecule has 1 aliphatic heterocycles. The van der Waals surface area contributed by atoms with Gasteiger partial charge in [-0.3, -0.25) is 4.79 Å². The highest BCUT2D eigenvalue weighted by atomic mass is 16.5. The van der Waals surface area contributed by atoms with Gasteiger partial charge in [-0.2, -0.15) is 0 Å². The second-order valence-corrected chi connectivity index (χ2v) is 5.71. The fourth-order valence-electron chi connectivity index (χ4n) is 2.91. The molecule has 1 aromatic rings. The van der Waals surface area contributed by atoms with Crippen LogP contribution < -0.4 is 5.32 Å². The first-order valence-electron chi connectivity index (χ1n) is 7.46. The Kier molecular flexibility index (Phi) is 4.08. The maximum atomic E-state index is 12.2. The summed E-state index contributed by atoms with van der Waals surface area (Å²) in [5.41, 5.74) is 1.30. The van der Waals surface area contributed by atoms with Gasteiger partial charge in [0.05, 0.1) is 13.2 Å². The molecule has 2 fully saturated rings. The molecule has 1 unspecified atom stereocenters. The molecule has 110 valence electrons. The van der Waals surface area contributed by atoms with Crippen LogP contribution in [0.3, 0.4) is 0 Å². The van der Waals surface area contributed by atoms with Gasteiger partial charge >= 0.3 is 0 Å². The van der Waals surface area contributed by atoms with Crippen LogP contribution in [-0.4, -0.2) is 48.7 Å². The second kappa shape index (κ2) is 5.97. The van der Waals surface area contributed by atoms with Crippen LogP contribution in [0.25, 0.3) is 0 Å². The standard InChI is InChI=1S/C15H23N3O2/c1-16-15(12-2-3-12)13-4-5-17(10-13)11-14(19)18-6-8-20-9-7-18/h4-5,10,12,15-16H,2-3,6-9,11H2,1H3. The van der Waals surface area contributed by atoms with Crippen molar-refractivity contribution in [1.29, 1.82) is 0 Å². The molecule has 0 spiro atoms. The van der Waals surface area contributed by atoms with E-state index in [2.05, 4.69) is 17.6 Å². The van der Waals surface area contributed by atoms with Gasteiger partial charge in [-0.05, 0) is 37.4 Å². The van der Waals surface area contributed by atoms with Crippen molar-refractivity contribution in [2.24, 2.45) is 5.92 Å². The molecule has 0 bridgehead atoms. The van der Waals surface area contributed by atoms with Gasteiger partial charge in [-0.15, -0.1) is 0 Å². The minimum atomic E-state index is 0.183. The SMILES string of the molecule is CNC(c1ccn(CC(=O)N2CCOCC2)c1)C1CC1. The van der Waals surface area contributed by atoms with Crippen LogP contribution in [0.1, 0.15) is 24.4 Å². The third-order valence-corrected chi connectivity index (χ3v) is 4.22. The molecule has 1 saturated carbocycles. The number of nitrogens with one attached hydrogen (secondary N) is 1. The summed E-state index contributed by atoms with van der Waals surface area (Å²) < 4.78 is 7.27. The summed E-state index contributed by atoms with van der Waals surface area (Å²) >= 11 is 0. The molecule has 2 heterocycles. The predicted octanol–water partition coefficient (Wildman–Crippen LogP) is 1.02. The largest absolute Gasteiger partial charge is 0.378 e. The first-order chi connectivity index (χ1) is 9.78. The van der Waals surface area contributed by atoms with E-state index < -0.39 is 0 Å². The van der Waals surface area contributed by atoms with E-state index in [1.54, 1.807) is 0 Å². The minimum absolute atomic E-state index is 0.183. The second-order valence-electron chi connectivity index (χ2n) is 5.71. The van der Waals surface area contributed by atoms with E-state index in [9.17, 15) is 4.79 Å². The van der Waals surface area contributed by atoms with Crippen molar-refractivity contribution in [3.8, 4) is 0 Å². The lowest BCUT2D eigenvalue weighted by Gasteiger charge is -2.27. The van der Waals surface area contributed by atoms with Crippen molar-refractivity contribution in [3.05, 3.63) is 24.0 Å². The Labute approximate surface area is 119 Å². The highest BCUT2D eigenvalue weighted by Gasteiger charge is 2.31. The fourth-order valence-corrected chi connectivity index (χ4v) is 2.91. The molecule has 3 rings (SSSR count). The summed E-state index contributed by atoms with van der Waals surface area (Å²) in [6.45, 7) is 3.18. The summed E-state index contributed by atoms with van der Waals surface area (Å²) in [6.07, 6.45) is 6.74. The quantitative estimate of drug-likeness (QED) is 0.874. The van der Waals surface area contributed by atoms with E-state index in [0.29, 0.717) is 38.9 Å². The monoisotopic (exact) mass is 277 g/mol. The first kappa shape index (κ1) is 13.6. The van der Waals surface area contributed by atoms with E-state index in [4.69, 9.17) is 4.74 Å². The maximum Gasteiger partial charge on any atom is 0.242 e. The Bertz CT molecular complexity index is 461. The van der Waals surface area contributed by atoms with Gasteiger partial charge in [0.25, 0.3) is 0 Å². The Hall–Kier alpha value is -1.33. The molecule has 1 atom stereocenters. The average Bonchev–Trinajstić information content (AvgIpc) is 3.21. The van der Waals surface area contributed by atoms with Crippen LogP contribution in [0.2, 0.25) is 0 Å². The van der Waals surface area contributed by atoms with Crippen LogP contribution >= 0.6 is 0 Å². The molecule has 1 aromatic heterocycles. The number of rotatable bonds is 5. The molecule has 0 aromatic carbocycles. The van der Waals surface area contributed by atoms with Gasteiger partial charge in [0.2, 0.25) is 5.91 Å². The van der Waals surface area contributed by atoms with Crippen LogP contribution in [0, 0.1) is 5.92 Å². The summed E-state index contributed by atoms with van der Waals surface area (Å²) in [7, 11) is 2.01. The summed E-state index contributed by atoms with van der Waals surface area (Å²) in [5, 5.41) is 3.39. The van der Waals surface area contributed by atoms with Gasteiger partial charge < -0.3 is 19.5 Å². The number of aromatic nitrogens is 1. The number of amides is 1. The average molecular weight is 277 g/mol. The molecule has 5 nitrogen and oxygen atoms in total. The highest BCUT2D eigenvalue weighted by molar-refractivity contribution is 5.76. The Morgan fingerprint density at radius 1 is 1.45 bits per heavy atom. The Balaban J connectivity index is 1.60. The van der Waals surface area contributed by atoms with Gasteiger partial charge in [0.1, 0.15) is 6.54 Å². The Morgan fingerprint density at radius 3 is 2.85 bits per heavy atom. The smallest absolute Gasteiger partial charge is 0.242 e. The zero-order chi connectivity index (χ0) is 13.9. The van der Waals surface area contributed by atoms with Crippen LogP contribution in [0.4, 0.5) is 0 Å². The zero-order valence-corrected chi connectivity index (χ0v) is 12.0. The molecule has 1 saturated heterocycles. The van der Waals surface area contributed by atoms with Gasteiger partial charge in [0, 0.05) is 31.5 Å². The number of carbonyl (C=O) groups excluding carboxylic acids is 1. The lowest BCUT2D eigenvalue weighted by atomic mass is 10.1. The fraction of sp³-hybridized carbons (Fsp3) is 0.667. The third kappa shape index (κ3) is 3.04. The van der Waals surface area contributed by atoms with E-state index in [1.807, 2.05) is 22.7 Å². The number of nitrogens with zero attached hydrogens (tertiary/aromatic N) is 2. The summed E-state index contributed by atoms with van der Waals surface area (Å²) in [4.78, 5) is 14.1. The van der Waals surface area contributed by atoms with Crippen molar-refractivity contribution in [3.63, 3.8) is 0 Å². The zero-order valence-electron chi connectivity index (χ0n) is 12.0. The lowest BCUT2D eigenvalue weighted by molar-refractivity contribution is -0.135. The van der Waals surface area contributed by atoms with Crippen molar-refractivity contribution >= 4 is 5.91 Å². The van der Waals surface area contributed by atoms with E-state index in [1.165, 1.54) is 18.4 Å². The van der Waals surface area contributed by atoms with Gasteiger partial charge in [-0.25, -0.2) is 0 Å². The van der Waals surface area contributed by atoms with E-state index in [-0.39, 0.29) is 5.91 Å². The maximum absolute atomic E-state index is 12.2. The van der Waals surface area contributed by atoms with E-state index >= 15 is 0 Å². The number of carbonyl (C=O) groups is 1. The predicted molar refractivity (Wildman–Crippen MR) is 76.4 cm³/mol. The number of ether oxygens (including phenoxy) is 1. The molecule has 1 amide bonds. The lowest BCUT2D eigenvalue weighted by Crippen LogP contribution is -2.42. The normalized spacial score (nSPS) is 20.9. The number of morpholine rings is 1. The summed E-state index contributed by atoms with van der Waals surface area (Å²) in [5.74, 6) is 0.952. The molecule has 2 aliphatic rings. The molecule has 5 heteroatoms. The van der Waals surface area contributed by atoms with Crippen molar-refractivity contribution in [1.82, 2.24) is 14.8 Å². The molecule has 20 heavy (non-hydrogen) atoms. The minimum Gasteiger partial charge on any atom is -0.378 e. The van der Waals surface area contributed by atoms with E-state index in [0.717, 1.165) is 5.92 Å². The van der Waals surface area contributed by atoms with Crippen LogP contribution in [0.15, 0.2) is 18.5 Å². The van der Waals surface area contributed by atoms with Gasteiger partial charge in [-0.1, -0.05) is 0 Å². The van der Waals surface area contributed by atoms with Crippen LogP contribution in [-0.2, 0) is 16.1 Å². The number of hydrogen-bond donors (Lipinski definition) is 1. The van der Waals surface area contributed by atoms with Crippen molar-refractivity contribution in [2.45, 2.75) is 25.4 Å². The van der Waals surface area contributed by atoms with Crippen LogP contribution in [0.5, 0.6) is 0 Å². The molecule has 0 radical (unpaired) electrons. The third-order valence-electron chi connectivity index (χ3n) is 4.22. The first-order valence-corrected chi connectivity index (χ1v) is 7.46. The Morgan fingerprint density at radius 2 is 2.20 bits per heavy atom. The summed E-state index contributed by atoms with van der Waals surface area (Å²) in [6, 6.07) is 2.57. The topological polar surface area (TPSA) is 46.5 Å². The molecule has 1 N–H and O–H groups in total.